The Labute approximate surface area is 99.0 Å². The summed E-state index contributed by atoms with van der Waals surface area (Å²) in [5.41, 5.74) is 7.45. The molecule has 1 aromatic heterocycles. The molecule has 1 atom stereocenters. The summed E-state index contributed by atoms with van der Waals surface area (Å²) in [6, 6.07) is 7.63. The third kappa shape index (κ3) is 2.01. The van der Waals surface area contributed by atoms with Crippen LogP contribution in [-0.2, 0) is 0 Å². The minimum Gasteiger partial charge on any atom is -0.470 e. The first kappa shape index (κ1) is 10.3. The van der Waals surface area contributed by atoms with Crippen molar-refractivity contribution >= 4 is 16.9 Å². The Balaban J connectivity index is 1.95. The summed E-state index contributed by atoms with van der Waals surface area (Å²) >= 11 is 0. The molecule has 2 aromatic rings. The molecule has 0 radical (unpaired) electrons. The molecule has 1 aromatic carbocycles. The zero-order valence-electron chi connectivity index (χ0n) is 9.39. The van der Waals surface area contributed by atoms with Gasteiger partial charge in [0.1, 0.15) is 6.10 Å². The second-order valence-electron chi connectivity index (χ2n) is 4.14. The van der Waals surface area contributed by atoms with E-state index in [2.05, 4.69) is 15.3 Å². The molecule has 1 fully saturated rings. The van der Waals surface area contributed by atoms with Crippen molar-refractivity contribution in [1.82, 2.24) is 15.3 Å². The number of nitrogens with zero attached hydrogens (tertiary/aromatic N) is 2. The van der Waals surface area contributed by atoms with Gasteiger partial charge in [0.25, 0.3) is 5.88 Å². The summed E-state index contributed by atoms with van der Waals surface area (Å²) in [5, 5.41) is 3.24. The molecule has 2 heterocycles. The van der Waals surface area contributed by atoms with Crippen LogP contribution in [0.15, 0.2) is 24.3 Å². The zero-order valence-corrected chi connectivity index (χ0v) is 9.39. The maximum atomic E-state index is 5.85. The van der Waals surface area contributed by atoms with Crippen LogP contribution >= 0.6 is 0 Å². The third-order valence-corrected chi connectivity index (χ3v) is 2.86. The molecule has 3 N–H and O–H groups in total. The SMILES string of the molecule is Nc1nc2ccccc2nc1O[C@@H]1CCNC1. The second kappa shape index (κ2) is 4.18. The van der Waals surface area contributed by atoms with Crippen molar-refractivity contribution in [2.24, 2.45) is 0 Å². The highest BCUT2D eigenvalue weighted by Crippen LogP contribution is 2.22. The number of para-hydroxylation sites is 2. The average molecular weight is 230 g/mol. The van der Waals surface area contributed by atoms with Crippen molar-refractivity contribution < 1.29 is 4.74 Å². The lowest BCUT2D eigenvalue weighted by Crippen LogP contribution is -2.21. The lowest BCUT2D eigenvalue weighted by atomic mass is 10.3. The summed E-state index contributed by atoms with van der Waals surface area (Å²) in [5.74, 6) is 0.799. The second-order valence-corrected chi connectivity index (χ2v) is 4.14. The average Bonchev–Trinajstić information content (AvgIpc) is 2.83. The first-order chi connectivity index (χ1) is 8.33. The number of fused-ring (bicyclic) bond motifs is 1. The first-order valence-corrected chi connectivity index (χ1v) is 5.72. The number of nitrogens with one attached hydrogen (secondary N) is 1. The molecule has 5 heteroatoms. The van der Waals surface area contributed by atoms with Crippen molar-refractivity contribution in [2.75, 3.05) is 18.8 Å². The van der Waals surface area contributed by atoms with Crippen LogP contribution in [0.5, 0.6) is 5.88 Å². The predicted molar refractivity (Wildman–Crippen MR) is 65.9 cm³/mol. The Morgan fingerprint density at radius 1 is 1.24 bits per heavy atom. The summed E-state index contributed by atoms with van der Waals surface area (Å²) in [6.45, 7) is 1.82. The predicted octanol–water partition coefficient (Wildman–Crippen LogP) is 0.953. The van der Waals surface area contributed by atoms with E-state index >= 15 is 0 Å². The van der Waals surface area contributed by atoms with Gasteiger partial charge in [-0.2, -0.15) is 0 Å². The van der Waals surface area contributed by atoms with Gasteiger partial charge in [-0.05, 0) is 25.1 Å². The van der Waals surface area contributed by atoms with Gasteiger partial charge in [0.15, 0.2) is 5.82 Å². The van der Waals surface area contributed by atoms with Gasteiger partial charge in [-0.25, -0.2) is 9.97 Å². The van der Waals surface area contributed by atoms with E-state index in [4.69, 9.17) is 10.5 Å². The van der Waals surface area contributed by atoms with E-state index in [0.717, 1.165) is 30.5 Å². The van der Waals surface area contributed by atoms with E-state index in [0.29, 0.717) is 11.7 Å². The molecule has 0 aliphatic carbocycles. The molecule has 0 spiro atoms. The number of hydrogen-bond acceptors (Lipinski definition) is 5. The summed E-state index contributed by atoms with van der Waals surface area (Å²) < 4.78 is 5.75. The van der Waals surface area contributed by atoms with E-state index in [1.807, 2.05) is 24.3 Å². The van der Waals surface area contributed by atoms with Crippen molar-refractivity contribution in [2.45, 2.75) is 12.5 Å². The standard InChI is InChI=1S/C12H14N4O/c13-11-12(17-8-5-6-14-7-8)16-10-4-2-1-3-9(10)15-11/h1-4,8,14H,5-7H2,(H2,13,15)/t8-/m1/s1. The Kier molecular flexibility index (Phi) is 2.53. The number of nitrogens with two attached hydrogens (primary N) is 1. The van der Waals surface area contributed by atoms with E-state index in [1.165, 1.54) is 0 Å². The minimum atomic E-state index is 0.146. The van der Waals surface area contributed by atoms with Crippen LogP contribution in [0.2, 0.25) is 0 Å². The Bertz CT molecular complexity index is 537. The number of aromatic nitrogens is 2. The van der Waals surface area contributed by atoms with Crippen molar-refractivity contribution in [3.05, 3.63) is 24.3 Å². The topological polar surface area (TPSA) is 73.1 Å². The lowest BCUT2D eigenvalue weighted by Gasteiger charge is -2.13. The normalized spacial score (nSPS) is 19.6. The molecule has 0 bridgehead atoms. The molecule has 0 unspecified atom stereocenters. The fourth-order valence-corrected chi connectivity index (χ4v) is 1.97. The number of benzene rings is 1. The molecule has 0 saturated carbocycles. The number of ether oxygens (including phenoxy) is 1. The monoisotopic (exact) mass is 230 g/mol. The summed E-state index contributed by atoms with van der Waals surface area (Å²) in [7, 11) is 0. The fraction of sp³-hybridized carbons (Fsp3) is 0.333. The van der Waals surface area contributed by atoms with Crippen LogP contribution in [0.4, 0.5) is 5.82 Å². The molecule has 3 rings (SSSR count). The minimum absolute atomic E-state index is 0.146. The molecule has 1 aliphatic rings. The number of nitrogen functional groups attached to an aromatic ring is 1. The van der Waals surface area contributed by atoms with Gasteiger partial charge >= 0.3 is 0 Å². The van der Waals surface area contributed by atoms with Gasteiger partial charge in [-0.1, -0.05) is 12.1 Å². The zero-order chi connectivity index (χ0) is 11.7. The maximum Gasteiger partial charge on any atom is 0.258 e. The Morgan fingerprint density at radius 3 is 2.71 bits per heavy atom. The highest BCUT2D eigenvalue weighted by Gasteiger charge is 2.18. The van der Waals surface area contributed by atoms with E-state index in [-0.39, 0.29) is 6.10 Å². The van der Waals surface area contributed by atoms with Gasteiger partial charge in [-0.3, -0.25) is 0 Å². The van der Waals surface area contributed by atoms with Crippen molar-refractivity contribution in [3.8, 4) is 5.88 Å². The van der Waals surface area contributed by atoms with Crippen LogP contribution in [0.25, 0.3) is 11.0 Å². The Hall–Kier alpha value is -1.88. The van der Waals surface area contributed by atoms with Gasteiger partial charge in [0.2, 0.25) is 0 Å². The van der Waals surface area contributed by atoms with Crippen LogP contribution in [0, 0.1) is 0 Å². The number of rotatable bonds is 2. The molecule has 17 heavy (non-hydrogen) atoms. The number of hydrogen-bond donors (Lipinski definition) is 2. The highest BCUT2D eigenvalue weighted by atomic mass is 16.5. The highest BCUT2D eigenvalue weighted by molar-refractivity contribution is 5.76. The van der Waals surface area contributed by atoms with Crippen LogP contribution in [0.3, 0.4) is 0 Å². The van der Waals surface area contributed by atoms with Gasteiger partial charge in [-0.15, -0.1) is 0 Å². The van der Waals surface area contributed by atoms with Crippen molar-refractivity contribution in [3.63, 3.8) is 0 Å². The van der Waals surface area contributed by atoms with Crippen LogP contribution in [-0.4, -0.2) is 29.2 Å². The number of anilines is 1. The van der Waals surface area contributed by atoms with Crippen LogP contribution < -0.4 is 15.8 Å². The van der Waals surface area contributed by atoms with Gasteiger partial charge in [0.05, 0.1) is 11.0 Å². The molecule has 88 valence electrons. The van der Waals surface area contributed by atoms with Gasteiger partial charge in [0, 0.05) is 6.54 Å². The van der Waals surface area contributed by atoms with E-state index in [9.17, 15) is 0 Å². The molecule has 0 amide bonds. The lowest BCUT2D eigenvalue weighted by molar-refractivity contribution is 0.215. The maximum absolute atomic E-state index is 5.85. The quantitative estimate of drug-likeness (QED) is 0.803. The van der Waals surface area contributed by atoms with Crippen LogP contribution in [0.1, 0.15) is 6.42 Å². The Morgan fingerprint density at radius 2 is 2.00 bits per heavy atom. The largest absolute Gasteiger partial charge is 0.470 e. The summed E-state index contributed by atoms with van der Waals surface area (Å²) in [4.78, 5) is 8.69. The molecule has 1 saturated heterocycles. The third-order valence-electron chi connectivity index (χ3n) is 2.86. The van der Waals surface area contributed by atoms with Gasteiger partial charge < -0.3 is 15.8 Å². The summed E-state index contributed by atoms with van der Waals surface area (Å²) in [6.07, 6.45) is 1.13. The van der Waals surface area contributed by atoms with E-state index in [1.54, 1.807) is 0 Å². The molecular weight excluding hydrogens is 216 g/mol. The molecule has 5 nitrogen and oxygen atoms in total. The smallest absolute Gasteiger partial charge is 0.258 e. The first-order valence-electron chi connectivity index (χ1n) is 5.72. The molecular formula is C12H14N4O. The van der Waals surface area contributed by atoms with E-state index < -0.39 is 0 Å². The molecule has 1 aliphatic heterocycles. The fourth-order valence-electron chi connectivity index (χ4n) is 1.97. The van der Waals surface area contributed by atoms with Crippen molar-refractivity contribution in [1.29, 1.82) is 0 Å².